The van der Waals surface area contributed by atoms with E-state index in [0.29, 0.717) is 11.1 Å². The van der Waals surface area contributed by atoms with E-state index in [0.717, 1.165) is 0 Å². The van der Waals surface area contributed by atoms with E-state index >= 15 is 0 Å². The van der Waals surface area contributed by atoms with Gasteiger partial charge in [0, 0.05) is 0 Å². The zero-order valence-corrected chi connectivity index (χ0v) is 12.2. The lowest BCUT2D eigenvalue weighted by molar-refractivity contribution is -0.126. The fourth-order valence-electron chi connectivity index (χ4n) is 1.59. The highest BCUT2D eigenvalue weighted by atomic mass is 35.5. The van der Waals surface area contributed by atoms with Gasteiger partial charge in [0.2, 0.25) is 11.8 Å². The van der Waals surface area contributed by atoms with Gasteiger partial charge in [-0.25, -0.2) is 4.39 Å². The van der Waals surface area contributed by atoms with Gasteiger partial charge in [0.1, 0.15) is 5.82 Å². The summed E-state index contributed by atoms with van der Waals surface area (Å²) in [6.45, 7) is 3.37. The summed E-state index contributed by atoms with van der Waals surface area (Å²) in [6, 6.07) is 3.33. The summed E-state index contributed by atoms with van der Waals surface area (Å²) in [4.78, 5) is 22.3. The lowest BCUT2D eigenvalue weighted by atomic mass is 10.1. The molecule has 0 fully saturated rings. The van der Waals surface area contributed by atoms with E-state index < -0.39 is 23.9 Å². The summed E-state index contributed by atoms with van der Waals surface area (Å²) in [5, 5.41) is 2.61. The largest absolute Gasteiger partial charge is 0.370 e. The Morgan fingerprint density at radius 3 is 2.50 bits per heavy atom. The van der Waals surface area contributed by atoms with Crippen LogP contribution >= 0.6 is 12.4 Å². The van der Waals surface area contributed by atoms with Gasteiger partial charge in [-0.1, -0.05) is 12.1 Å². The van der Waals surface area contributed by atoms with Crippen molar-refractivity contribution < 1.29 is 14.0 Å². The van der Waals surface area contributed by atoms with Crippen molar-refractivity contribution in [3.8, 4) is 0 Å². The number of primary amides is 1. The zero-order chi connectivity index (χ0) is 14.6. The molecule has 0 aliphatic heterocycles. The molecule has 112 valence electrons. The minimum Gasteiger partial charge on any atom is -0.370 e. The summed E-state index contributed by atoms with van der Waals surface area (Å²) in [6.07, 6.45) is -0.221. The second-order valence-electron chi connectivity index (χ2n) is 4.52. The van der Waals surface area contributed by atoms with E-state index in [-0.39, 0.29) is 24.6 Å². The highest BCUT2D eigenvalue weighted by Gasteiger charge is 2.18. The maximum absolute atomic E-state index is 13.4. The van der Waals surface area contributed by atoms with Gasteiger partial charge in [-0.05, 0) is 31.0 Å². The average Bonchev–Trinajstić information content (AvgIpc) is 2.31. The second-order valence-corrected chi connectivity index (χ2v) is 4.52. The van der Waals surface area contributed by atoms with Crippen LogP contribution < -0.4 is 16.8 Å². The van der Waals surface area contributed by atoms with Gasteiger partial charge >= 0.3 is 0 Å². The number of hydrogen-bond acceptors (Lipinski definition) is 3. The third-order valence-corrected chi connectivity index (χ3v) is 2.81. The molecule has 1 aromatic carbocycles. The standard InChI is InChI=1S/C13H18FN3O2.ClH/c1-7-3-4-9(5-10(7)14)8(2)17-13(19)11(15)6-12(16)18;/h3-5,8,11H,6,15H2,1-2H3,(H2,16,18)(H,17,19);1H. The highest BCUT2D eigenvalue weighted by Crippen LogP contribution is 2.16. The molecule has 5 nitrogen and oxygen atoms in total. The van der Waals surface area contributed by atoms with Crippen molar-refractivity contribution in [2.24, 2.45) is 11.5 Å². The van der Waals surface area contributed by atoms with E-state index in [1.165, 1.54) is 6.07 Å². The Labute approximate surface area is 123 Å². The van der Waals surface area contributed by atoms with Crippen molar-refractivity contribution in [1.29, 1.82) is 0 Å². The van der Waals surface area contributed by atoms with Crippen LogP contribution in [0, 0.1) is 12.7 Å². The van der Waals surface area contributed by atoms with E-state index in [4.69, 9.17) is 11.5 Å². The maximum atomic E-state index is 13.4. The maximum Gasteiger partial charge on any atom is 0.237 e. The number of aryl methyl sites for hydroxylation is 1. The predicted molar refractivity (Wildman–Crippen MR) is 76.7 cm³/mol. The van der Waals surface area contributed by atoms with E-state index in [1.54, 1.807) is 26.0 Å². The lowest BCUT2D eigenvalue weighted by Gasteiger charge is -2.17. The first-order chi connectivity index (χ1) is 8.81. The summed E-state index contributed by atoms with van der Waals surface area (Å²) < 4.78 is 13.4. The molecule has 2 atom stereocenters. The summed E-state index contributed by atoms with van der Waals surface area (Å²) >= 11 is 0. The van der Waals surface area contributed by atoms with Crippen LogP contribution in [0.3, 0.4) is 0 Å². The van der Waals surface area contributed by atoms with Crippen LogP contribution in [-0.4, -0.2) is 17.9 Å². The Morgan fingerprint density at radius 1 is 1.40 bits per heavy atom. The van der Waals surface area contributed by atoms with Gasteiger partial charge in [-0.3, -0.25) is 9.59 Å². The molecule has 0 aliphatic rings. The molecule has 0 saturated heterocycles. The molecule has 0 saturated carbocycles. The first kappa shape index (κ1) is 18.3. The van der Waals surface area contributed by atoms with Crippen LogP contribution in [0.15, 0.2) is 18.2 Å². The SMILES string of the molecule is Cc1ccc(C(C)NC(=O)C(N)CC(N)=O)cc1F.Cl. The number of nitrogens with one attached hydrogen (secondary N) is 1. The van der Waals surface area contributed by atoms with Gasteiger partial charge in [0.05, 0.1) is 18.5 Å². The van der Waals surface area contributed by atoms with Gasteiger partial charge in [-0.15, -0.1) is 12.4 Å². The molecule has 0 spiro atoms. The topological polar surface area (TPSA) is 98.2 Å². The van der Waals surface area contributed by atoms with Crippen LogP contribution in [0.1, 0.15) is 30.5 Å². The van der Waals surface area contributed by atoms with E-state index in [9.17, 15) is 14.0 Å². The number of nitrogens with two attached hydrogens (primary N) is 2. The minimum absolute atomic E-state index is 0. The monoisotopic (exact) mass is 303 g/mol. The van der Waals surface area contributed by atoms with Crippen LogP contribution in [0.5, 0.6) is 0 Å². The molecule has 0 aromatic heterocycles. The first-order valence-corrected chi connectivity index (χ1v) is 5.91. The third-order valence-electron chi connectivity index (χ3n) is 2.81. The average molecular weight is 304 g/mol. The Balaban J connectivity index is 0.00000361. The molecular formula is C13H19ClFN3O2. The minimum atomic E-state index is -0.991. The van der Waals surface area contributed by atoms with Gasteiger partial charge in [-0.2, -0.15) is 0 Å². The van der Waals surface area contributed by atoms with Crippen LogP contribution in [-0.2, 0) is 9.59 Å². The normalized spacial score (nSPS) is 13.0. The lowest BCUT2D eigenvalue weighted by Crippen LogP contribution is -2.43. The number of carbonyl (C=O) groups excluding carboxylic acids is 2. The number of rotatable bonds is 5. The Kier molecular flexibility index (Phi) is 7.17. The third kappa shape index (κ3) is 5.14. The number of benzene rings is 1. The fourth-order valence-corrected chi connectivity index (χ4v) is 1.59. The molecule has 1 aromatic rings. The first-order valence-electron chi connectivity index (χ1n) is 5.91. The second kappa shape index (κ2) is 7.81. The molecule has 5 N–H and O–H groups in total. The number of hydrogen-bond donors (Lipinski definition) is 3. The number of carbonyl (C=O) groups is 2. The van der Waals surface area contributed by atoms with Crippen molar-refractivity contribution in [3.05, 3.63) is 35.1 Å². The van der Waals surface area contributed by atoms with Crippen molar-refractivity contribution in [3.63, 3.8) is 0 Å². The molecule has 1 rings (SSSR count). The van der Waals surface area contributed by atoms with Crippen molar-refractivity contribution in [2.75, 3.05) is 0 Å². The molecule has 2 unspecified atom stereocenters. The van der Waals surface area contributed by atoms with E-state index in [2.05, 4.69) is 5.32 Å². The molecular weight excluding hydrogens is 285 g/mol. The molecule has 0 radical (unpaired) electrons. The quantitative estimate of drug-likeness (QED) is 0.755. The Hall–Kier alpha value is -1.66. The number of halogens is 2. The van der Waals surface area contributed by atoms with Crippen LogP contribution in [0.2, 0.25) is 0 Å². The summed E-state index contributed by atoms with van der Waals surface area (Å²) in [7, 11) is 0. The molecule has 0 aliphatic carbocycles. The van der Waals surface area contributed by atoms with Gasteiger partial charge < -0.3 is 16.8 Å². The van der Waals surface area contributed by atoms with Gasteiger partial charge in [0.15, 0.2) is 0 Å². The van der Waals surface area contributed by atoms with E-state index in [1.807, 2.05) is 0 Å². The molecule has 20 heavy (non-hydrogen) atoms. The Morgan fingerprint density at radius 2 is 2.00 bits per heavy atom. The van der Waals surface area contributed by atoms with Crippen LogP contribution in [0.4, 0.5) is 4.39 Å². The van der Waals surface area contributed by atoms with Crippen LogP contribution in [0.25, 0.3) is 0 Å². The highest BCUT2D eigenvalue weighted by molar-refractivity contribution is 5.87. The molecule has 2 amide bonds. The Bertz CT molecular complexity index is 497. The van der Waals surface area contributed by atoms with Crippen molar-refractivity contribution in [1.82, 2.24) is 5.32 Å². The summed E-state index contributed by atoms with van der Waals surface area (Å²) in [5.74, 6) is -1.47. The smallest absolute Gasteiger partial charge is 0.237 e. The molecule has 0 heterocycles. The van der Waals surface area contributed by atoms with Crippen molar-refractivity contribution >= 4 is 24.2 Å². The fraction of sp³-hybridized carbons (Fsp3) is 0.385. The molecule has 0 bridgehead atoms. The number of amides is 2. The summed E-state index contributed by atoms with van der Waals surface area (Å²) in [5.41, 5.74) is 11.6. The zero-order valence-electron chi connectivity index (χ0n) is 11.4. The molecule has 7 heteroatoms. The van der Waals surface area contributed by atoms with Gasteiger partial charge in [0.25, 0.3) is 0 Å². The predicted octanol–water partition coefficient (Wildman–Crippen LogP) is 0.936. The van der Waals surface area contributed by atoms with Crippen molar-refractivity contribution in [2.45, 2.75) is 32.4 Å².